The van der Waals surface area contributed by atoms with Crippen molar-refractivity contribution in [2.45, 2.75) is 18.8 Å². The normalized spacial score (nSPS) is 22.1. The number of H-pyrrole nitrogens is 2. The van der Waals surface area contributed by atoms with Gasteiger partial charge in [0.05, 0.1) is 11.0 Å². The highest BCUT2D eigenvalue weighted by atomic mass is 16.1. The highest BCUT2D eigenvalue weighted by Crippen LogP contribution is 2.29. The Morgan fingerprint density at radius 2 is 2.24 bits per heavy atom. The van der Waals surface area contributed by atoms with E-state index >= 15 is 0 Å². The van der Waals surface area contributed by atoms with Crippen LogP contribution in [0.5, 0.6) is 0 Å². The Hall–Kier alpha value is -1.55. The van der Waals surface area contributed by atoms with Gasteiger partial charge in [-0.25, -0.2) is 4.79 Å². The second-order valence-corrected chi connectivity index (χ2v) is 4.95. The van der Waals surface area contributed by atoms with Gasteiger partial charge >= 0.3 is 5.69 Å². The van der Waals surface area contributed by atoms with Gasteiger partial charge in [-0.05, 0) is 44.0 Å². The zero-order valence-electron chi connectivity index (χ0n) is 9.99. The topological polar surface area (TPSA) is 51.9 Å². The zero-order chi connectivity index (χ0) is 11.8. The lowest BCUT2D eigenvalue weighted by atomic mass is 9.90. The molecule has 2 heterocycles. The Morgan fingerprint density at radius 1 is 1.35 bits per heavy atom. The Morgan fingerprint density at radius 3 is 3.06 bits per heavy atom. The first-order valence-electron chi connectivity index (χ1n) is 6.13. The molecular weight excluding hydrogens is 214 g/mol. The van der Waals surface area contributed by atoms with Gasteiger partial charge in [-0.2, -0.15) is 0 Å². The number of fused-ring (bicyclic) bond motifs is 1. The van der Waals surface area contributed by atoms with Crippen molar-refractivity contribution in [2.75, 3.05) is 20.1 Å². The van der Waals surface area contributed by atoms with Crippen molar-refractivity contribution in [1.29, 1.82) is 0 Å². The lowest BCUT2D eigenvalue weighted by Gasteiger charge is -2.30. The maximum Gasteiger partial charge on any atom is 0.323 e. The van der Waals surface area contributed by atoms with Gasteiger partial charge in [0.25, 0.3) is 0 Å². The summed E-state index contributed by atoms with van der Waals surface area (Å²) in [6.07, 6.45) is 2.43. The molecule has 0 bridgehead atoms. The molecule has 1 atom stereocenters. The highest BCUT2D eigenvalue weighted by Gasteiger charge is 2.21. The molecule has 0 saturated carbocycles. The molecule has 1 fully saturated rings. The average molecular weight is 231 g/mol. The molecule has 90 valence electrons. The van der Waals surface area contributed by atoms with Crippen molar-refractivity contribution in [1.82, 2.24) is 14.9 Å². The first-order valence-corrected chi connectivity index (χ1v) is 6.13. The number of rotatable bonds is 1. The molecule has 0 aliphatic carbocycles. The minimum atomic E-state index is -0.114. The molecule has 1 aliphatic rings. The number of nitrogens with one attached hydrogen (secondary N) is 2. The summed E-state index contributed by atoms with van der Waals surface area (Å²) in [5.41, 5.74) is 3.06. The number of para-hydroxylation sites is 1. The van der Waals surface area contributed by atoms with Crippen molar-refractivity contribution >= 4 is 11.0 Å². The Labute approximate surface area is 99.6 Å². The van der Waals surface area contributed by atoms with Crippen LogP contribution >= 0.6 is 0 Å². The van der Waals surface area contributed by atoms with Crippen LogP contribution < -0.4 is 5.69 Å². The lowest BCUT2D eigenvalue weighted by molar-refractivity contribution is 0.251. The van der Waals surface area contributed by atoms with Crippen LogP contribution in [-0.2, 0) is 0 Å². The molecule has 4 nitrogen and oxygen atoms in total. The van der Waals surface area contributed by atoms with Crippen LogP contribution in [0.15, 0.2) is 23.0 Å². The summed E-state index contributed by atoms with van der Waals surface area (Å²) in [5, 5.41) is 0. The fourth-order valence-electron chi connectivity index (χ4n) is 2.84. The summed E-state index contributed by atoms with van der Waals surface area (Å²) in [4.78, 5) is 19.5. The number of likely N-dealkylation sites (N-methyl/N-ethyl adjacent to an activating group) is 1. The number of likely N-dealkylation sites (tertiary alicyclic amines) is 1. The van der Waals surface area contributed by atoms with Crippen LogP contribution in [0.1, 0.15) is 24.3 Å². The standard InChI is InChI=1S/C13H17N3O/c1-16-7-3-4-9(8-16)10-5-2-6-11-12(10)15-13(17)14-11/h2,5-6,9H,3-4,7-8H2,1H3,(H2,14,15,17). The monoisotopic (exact) mass is 231 g/mol. The third kappa shape index (κ3) is 1.89. The van der Waals surface area contributed by atoms with Crippen molar-refractivity contribution in [3.05, 3.63) is 34.2 Å². The number of aromatic nitrogens is 2. The third-order valence-corrected chi connectivity index (χ3v) is 3.65. The van der Waals surface area contributed by atoms with E-state index in [0.717, 1.165) is 17.6 Å². The van der Waals surface area contributed by atoms with Crippen LogP contribution in [-0.4, -0.2) is 35.0 Å². The molecule has 2 aromatic rings. The summed E-state index contributed by atoms with van der Waals surface area (Å²) in [6.45, 7) is 2.25. The Kier molecular flexibility index (Phi) is 2.52. The van der Waals surface area contributed by atoms with Crippen LogP contribution in [0.25, 0.3) is 11.0 Å². The summed E-state index contributed by atoms with van der Waals surface area (Å²) < 4.78 is 0. The molecule has 1 aliphatic heterocycles. The molecule has 1 saturated heterocycles. The first-order chi connectivity index (χ1) is 8.24. The third-order valence-electron chi connectivity index (χ3n) is 3.65. The van der Waals surface area contributed by atoms with E-state index in [1.807, 2.05) is 12.1 Å². The van der Waals surface area contributed by atoms with Crippen LogP contribution in [0, 0.1) is 0 Å². The smallest absolute Gasteiger partial charge is 0.306 e. The molecule has 0 spiro atoms. The highest BCUT2D eigenvalue weighted by molar-refractivity contribution is 5.78. The van der Waals surface area contributed by atoms with Gasteiger partial charge in [-0.1, -0.05) is 12.1 Å². The predicted molar refractivity (Wildman–Crippen MR) is 68.4 cm³/mol. The van der Waals surface area contributed by atoms with Gasteiger partial charge in [-0.15, -0.1) is 0 Å². The lowest BCUT2D eigenvalue weighted by Crippen LogP contribution is -2.30. The maximum absolute atomic E-state index is 11.4. The van der Waals surface area contributed by atoms with E-state index < -0.39 is 0 Å². The molecule has 0 radical (unpaired) electrons. The summed E-state index contributed by atoms with van der Waals surface area (Å²) in [5.74, 6) is 0.531. The molecule has 4 heteroatoms. The fourth-order valence-corrected chi connectivity index (χ4v) is 2.84. The molecule has 2 N–H and O–H groups in total. The number of benzene rings is 1. The van der Waals surface area contributed by atoms with Gasteiger partial charge in [0.15, 0.2) is 0 Å². The fraction of sp³-hybridized carbons (Fsp3) is 0.462. The van der Waals surface area contributed by atoms with E-state index in [2.05, 4.69) is 28.0 Å². The van der Waals surface area contributed by atoms with E-state index in [-0.39, 0.29) is 5.69 Å². The van der Waals surface area contributed by atoms with Gasteiger partial charge in [0.1, 0.15) is 0 Å². The van der Waals surface area contributed by atoms with E-state index in [9.17, 15) is 4.79 Å². The minimum absolute atomic E-state index is 0.114. The molecule has 1 aromatic carbocycles. The predicted octanol–water partition coefficient (Wildman–Crippen LogP) is 1.67. The van der Waals surface area contributed by atoms with Crippen molar-refractivity contribution in [3.63, 3.8) is 0 Å². The van der Waals surface area contributed by atoms with Gasteiger partial charge < -0.3 is 14.9 Å². The number of imidazole rings is 1. The SMILES string of the molecule is CN1CCCC(c2cccc3[nH]c(=O)[nH]c23)C1. The minimum Gasteiger partial charge on any atom is -0.306 e. The summed E-state index contributed by atoms with van der Waals surface area (Å²) in [7, 11) is 2.16. The molecule has 0 amide bonds. The number of aromatic amines is 2. The van der Waals surface area contributed by atoms with E-state index in [4.69, 9.17) is 0 Å². The molecule has 3 rings (SSSR count). The van der Waals surface area contributed by atoms with Crippen molar-refractivity contribution in [2.24, 2.45) is 0 Å². The van der Waals surface area contributed by atoms with E-state index in [1.54, 1.807) is 0 Å². The average Bonchev–Trinajstić information content (AvgIpc) is 2.68. The maximum atomic E-state index is 11.4. The number of piperidine rings is 1. The number of hydrogen-bond donors (Lipinski definition) is 2. The summed E-state index contributed by atoms with van der Waals surface area (Å²) in [6, 6.07) is 6.11. The molecule has 1 unspecified atom stereocenters. The van der Waals surface area contributed by atoms with E-state index in [1.165, 1.54) is 24.9 Å². The van der Waals surface area contributed by atoms with Gasteiger partial charge in [-0.3, -0.25) is 0 Å². The van der Waals surface area contributed by atoms with Gasteiger partial charge in [0.2, 0.25) is 0 Å². The van der Waals surface area contributed by atoms with Crippen LogP contribution in [0.3, 0.4) is 0 Å². The molecular formula is C13H17N3O. The largest absolute Gasteiger partial charge is 0.323 e. The van der Waals surface area contributed by atoms with E-state index in [0.29, 0.717) is 5.92 Å². The Balaban J connectivity index is 2.07. The second kappa shape index (κ2) is 4.04. The van der Waals surface area contributed by atoms with Gasteiger partial charge in [0, 0.05) is 6.54 Å². The van der Waals surface area contributed by atoms with Crippen LogP contribution in [0.4, 0.5) is 0 Å². The summed E-state index contributed by atoms with van der Waals surface area (Å²) >= 11 is 0. The quantitative estimate of drug-likeness (QED) is 0.784. The van der Waals surface area contributed by atoms with Crippen molar-refractivity contribution < 1.29 is 0 Å². The number of hydrogen-bond acceptors (Lipinski definition) is 2. The number of nitrogens with zero attached hydrogens (tertiary/aromatic N) is 1. The van der Waals surface area contributed by atoms with Crippen molar-refractivity contribution in [3.8, 4) is 0 Å². The zero-order valence-corrected chi connectivity index (χ0v) is 9.99. The van der Waals surface area contributed by atoms with Crippen LogP contribution in [0.2, 0.25) is 0 Å². The first kappa shape index (κ1) is 10.6. The Bertz CT molecular complexity index is 584. The second-order valence-electron chi connectivity index (χ2n) is 4.95. The molecule has 17 heavy (non-hydrogen) atoms. The molecule has 1 aromatic heterocycles.